The Morgan fingerprint density at radius 1 is 0.383 bits per heavy atom. The first kappa shape index (κ1) is 34.8. The summed E-state index contributed by atoms with van der Waals surface area (Å²) in [7, 11) is 0. The molecule has 0 N–H and O–H groups in total. The zero-order valence-corrected chi connectivity index (χ0v) is 34.3. The molecule has 1 aromatic heterocycles. The molecule has 12 rings (SSSR count). The van der Waals surface area contributed by atoms with E-state index in [4.69, 9.17) is 4.42 Å². The molecule has 0 bridgehead atoms. The van der Waals surface area contributed by atoms with Crippen LogP contribution in [0.4, 0.5) is 17.1 Å². The molecule has 0 fully saturated rings. The zero-order chi connectivity index (χ0) is 40.3. The van der Waals surface area contributed by atoms with Crippen LogP contribution in [0.3, 0.4) is 0 Å². The molecule has 2 aliphatic rings. The van der Waals surface area contributed by atoms with Crippen LogP contribution in [0.1, 0.15) is 49.9 Å². The number of nitrogens with zero attached hydrogens (tertiary/aromatic N) is 1. The lowest BCUT2D eigenvalue weighted by atomic mass is 9.79. The summed E-state index contributed by atoms with van der Waals surface area (Å²) in [6, 6.07) is 69.3. The maximum Gasteiger partial charge on any atom is 0.143 e. The second-order valence-electron chi connectivity index (χ2n) is 17.7. The first-order valence-electron chi connectivity index (χ1n) is 21.1. The van der Waals surface area contributed by atoms with Gasteiger partial charge in [-0.25, -0.2) is 0 Å². The van der Waals surface area contributed by atoms with Crippen LogP contribution >= 0.6 is 0 Å². The van der Waals surface area contributed by atoms with Gasteiger partial charge in [-0.3, -0.25) is 0 Å². The van der Waals surface area contributed by atoms with Gasteiger partial charge in [0.2, 0.25) is 0 Å². The molecule has 0 unspecified atom stereocenters. The Morgan fingerprint density at radius 2 is 1.00 bits per heavy atom. The minimum Gasteiger partial charge on any atom is -0.455 e. The molecule has 1 heterocycles. The van der Waals surface area contributed by atoms with E-state index in [1.807, 2.05) is 0 Å². The lowest BCUT2D eigenvalue weighted by Crippen LogP contribution is -2.16. The molecule has 0 spiro atoms. The fourth-order valence-electron chi connectivity index (χ4n) is 10.8. The third-order valence-electron chi connectivity index (χ3n) is 13.6. The van der Waals surface area contributed by atoms with Gasteiger partial charge in [0.05, 0.1) is 0 Å². The van der Waals surface area contributed by atoms with Crippen LogP contribution in [-0.2, 0) is 10.8 Å². The highest BCUT2D eigenvalue weighted by molar-refractivity contribution is 6.19. The third kappa shape index (κ3) is 4.94. The summed E-state index contributed by atoms with van der Waals surface area (Å²) < 4.78 is 6.63. The molecule has 0 atom stereocenters. The van der Waals surface area contributed by atoms with Crippen molar-refractivity contribution < 1.29 is 4.42 Å². The lowest BCUT2D eigenvalue weighted by molar-refractivity contribution is 0.660. The number of hydrogen-bond acceptors (Lipinski definition) is 2. The van der Waals surface area contributed by atoms with Gasteiger partial charge in [0.15, 0.2) is 0 Å². The molecule has 2 aliphatic carbocycles. The van der Waals surface area contributed by atoms with E-state index in [0.717, 1.165) is 55.5 Å². The highest BCUT2D eigenvalue weighted by Gasteiger charge is 2.38. The number of furan rings is 1. The van der Waals surface area contributed by atoms with E-state index in [1.165, 1.54) is 61.0 Å². The van der Waals surface area contributed by atoms with Crippen molar-refractivity contribution in [2.24, 2.45) is 0 Å². The van der Waals surface area contributed by atoms with Crippen LogP contribution in [0, 0.1) is 0 Å². The average Bonchev–Trinajstić information content (AvgIpc) is 3.87. The highest BCUT2D eigenvalue weighted by Crippen LogP contribution is 2.53. The summed E-state index contributed by atoms with van der Waals surface area (Å²) in [4.78, 5) is 2.43. The standard InChI is InChI=1S/C58H43NO/c1-57(2)50-23-9-7-18-45(50)47-33-31-41(35-52(47)57)59(39-29-26-37(27-30-39)43-21-12-22-48-46-19-8-10-24-51(46)58(3,4)55(43)48)40-16-11-15-38(34-40)42-20-13-25-53-54(42)49-32-28-36-14-5-6-17-44(36)56(49)60-53/h5-35H,1-4H3. The largest absolute Gasteiger partial charge is 0.455 e. The Labute approximate surface area is 351 Å². The van der Waals surface area contributed by atoms with Crippen molar-refractivity contribution in [2.75, 3.05) is 4.90 Å². The number of hydrogen-bond donors (Lipinski definition) is 0. The van der Waals surface area contributed by atoms with Gasteiger partial charge >= 0.3 is 0 Å². The summed E-state index contributed by atoms with van der Waals surface area (Å²) in [5, 5.41) is 4.59. The smallest absolute Gasteiger partial charge is 0.143 e. The maximum atomic E-state index is 6.63. The van der Waals surface area contributed by atoms with Gasteiger partial charge in [-0.1, -0.05) is 167 Å². The molecule has 60 heavy (non-hydrogen) atoms. The van der Waals surface area contributed by atoms with E-state index in [9.17, 15) is 0 Å². The van der Waals surface area contributed by atoms with Crippen molar-refractivity contribution in [3.05, 3.63) is 210 Å². The van der Waals surface area contributed by atoms with Crippen molar-refractivity contribution in [2.45, 2.75) is 38.5 Å². The Morgan fingerprint density at radius 3 is 1.83 bits per heavy atom. The maximum absolute atomic E-state index is 6.63. The SMILES string of the molecule is CC1(C)c2ccccc2-c2ccc(N(c3ccc(-c4cccc5c4C(C)(C)c4ccccc4-5)cc3)c3cccc(-c4cccc5oc6c7ccccc7ccc6c45)c3)cc21. The molecule has 2 nitrogen and oxygen atoms in total. The van der Waals surface area contributed by atoms with E-state index in [2.05, 4.69) is 221 Å². The Hall–Kier alpha value is -7.16. The monoisotopic (exact) mass is 769 g/mol. The van der Waals surface area contributed by atoms with E-state index in [0.29, 0.717) is 0 Å². The zero-order valence-electron chi connectivity index (χ0n) is 34.3. The molecule has 9 aromatic carbocycles. The second kappa shape index (κ2) is 12.7. The predicted molar refractivity (Wildman–Crippen MR) is 252 cm³/mol. The fourth-order valence-corrected chi connectivity index (χ4v) is 10.8. The van der Waals surface area contributed by atoms with Crippen molar-refractivity contribution in [1.82, 2.24) is 0 Å². The molecule has 0 amide bonds. The van der Waals surface area contributed by atoms with Crippen molar-refractivity contribution >= 4 is 49.8 Å². The molecule has 10 aromatic rings. The minimum atomic E-state index is -0.125. The van der Waals surface area contributed by atoms with Gasteiger partial charge in [-0.15, -0.1) is 0 Å². The fraction of sp³-hybridized carbons (Fsp3) is 0.103. The number of benzene rings is 9. The summed E-state index contributed by atoms with van der Waals surface area (Å²) in [6.45, 7) is 9.45. The van der Waals surface area contributed by atoms with Crippen LogP contribution in [0.15, 0.2) is 192 Å². The third-order valence-corrected chi connectivity index (χ3v) is 13.6. The number of anilines is 3. The molecular formula is C58H43NO. The molecular weight excluding hydrogens is 727 g/mol. The van der Waals surface area contributed by atoms with Gasteiger partial charge in [-0.2, -0.15) is 0 Å². The Balaban J connectivity index is 1.02. The van der Waals surface area contributed by atoms with Gasteiger partial charge < -0.3 is 9.32 Å². The normalized spacial score (nSPS) is 14.3. The molecule has 0 radical (unpaired) electrons. The van der Waals surface area contributed by atoms with Crippen molar-refractivity contribution in [1.29, 1.82) is 0 Å². The topological polar surface area (TPSA) is 16.4 Å². The van der Waals surface area contributed by atoms with E-state index in [1.54, 1.807) is 0 Å². The second-order valence-corrected chi connectivity index (χ2v) is 17.7. The summed E-state index contributed by atoms with van der Waals surface area (Å²) in [5.41, 5.74) is 20.6. The minimum absolute atomic E-state index is 0.0985. The molecule has 0 saturated heterocycles. The van der Waals surface area contributed by atoms with Crippen LogP contribution in [0.25, 0.3) is 77.2 Å². The first-order chi connectivity index (χ1) is 29.3. The van der Waals surface area contributed by atoms with Gasteiger partial charge in [0.25, 0.3) is 0 Å². The van der Waals surface area contributed by atoms with Gasteiger partial charge in [-0.05, 0) is 121 Å². The van der Waals surface area contributed by atoms with Crippen LogP contribution in [-0.4, -0.2) is 0 Å². The summed E-state index contributed by atoms with van der Waals surface area (Å²) in [5.74, 6) is 0. The van der Waals surface area contributed by atoms with Gasteiger partial charge in [0, 0.05) is 44.1 Å². The van der Waals surface area contributed by atoms with E-state index in [-0.39, 0.29) is 10.8 Å². The number of fused-ring (bicyclic) bond motifs is 11. The predicted octanol–water partition coefficient (Wildman–Crippen LogP) is 16.2. The first-order valence-corrected chi connectivity index (χ1v) is 21.1. The number of rotatable bonds is 5. The molecule has 0 saturated carbocycles. The summed E-state index contributed by atoms with van der Waals surface area (Å²) in [6.07, 6.45) is 0. The lowest BCUT2D eigenvalue weighted by Gasteiger charge is -2.29. The Bertz CT molecular complexity index is 3380. The van der Waals surface area contributed by atoms with E-state index < -0.39 is 0 Å². The quantitative estimate of drug-likeness (QED) is 0.173. The molecule has 286 valence electrons. The van der Waals surface area contributed by atoms with Crippen molar-refractivity contribution in [3.8, 4) is 44.5 Å². The highest BCUT2D eigenvalue weighted by atomic mass is 16.3. The average molecular weight is 770 g/mol. The van der Waals surface area contributed by atoms with E-state index >= 15 is 0 Å². The van der Waals surface area contributed by atoms with Gasteiger partial charge in [0.1, 0.15) is 11.2 Å². The molecule has 0 aliphatic heterocycles. The van der Waals surface area contributed by atoms with Crippen LogP contribution < -0.4 is 4.90 Å². The molecule has 2 heteroatoms. The van der Waals surface area contributed by atoms with Crippen LogP contribution in [0.2, 0.25) is 0 Å². The summed E-state index contributed by atoms with van der Waals surface area (Å²) >= 11 is 0. The Kier molecular flexibility index (Phi) is 7.36. The van der Waals surface area contributed by atoms with Crippen LogP contribution in [0.5, 0.6) is 0 Å². The van der Waals surface area contributed by atoms with Crippen molar-refractivity contribution in [3.63, 3.8) is 0 Å².